The SMILES string of the molecule is O=C1CCC(c2cccc(NC(=O)Nc3ccc(F)c(F)c3)c2)=NN1. The second-order valence-corrected chi connectivity index (χ2v) is 5.38. The molecule has 3 rings (SSSR count). The van der Waals surface area contributed by atoms with Crippen molar-refractivity contribution in [2.24, 2.45) is 5.10 Å². The van der Waals surface area contributed by atoms with Crippen molar-refractivity contribution < 1.29 is 18.4 Å². The Balaban J connectivity index is 1.68. The van der Waals surface area contributed by atoms with E-state index in [1.165, 1.54) is 6.07 Å². The number of anilines is 2. The highest BCUT2D eigenvalue weighted by Crippen LogP contribution is 2.17. The number of carbonyl (C=O) groups excluding carboxylic acids is 2. The number of nitrogens with one attached hydrogen (secondary N) is 3. The van der Waals surface area contributed by atoms with Gasteiger partial charge in [0.2, 0.25) is 5.91 Å². The molecular formula is C17H14F2N4O2. The lowest BCUT2D eigenvalue weighted by Crippen LogP contribution is -2.26. The zero-order chi connectivity index (χ0) is 17.8. The first-order valence-corrected chi connectivity index (χ1v) is 7.50. The summed E-state index contributed by atoms with van der Waals surface area (Å²) in [6.07, 6.45) is 0.865. The van der Waals surface area contributed by atoms with Crippen LogP contribution in [0.1, 0.15) is 18.4 Å². The van der Waals surface area contributed by atoms with Gasteiger partial charge in [-0.3, -0.25) is 4.79 Å². The third-order valence-corrected chi connectivity index (χ3v) is 3.54. The number of nitrogens with zero attached hydrogens (tertiary/aromatic N) is 1. The first-order chi connectivity index (χ1) is 12.0. The van der Waals surface area contributed by atoms with Crippen molar-refractivity contribution in [3.05, 3.63) is 59.7 Å². The molecular weight excluding hydrogens is 330 g/mol. The average Bonchev–Trinajstić information content (AvgIpc) is 2.59. The molecule has 0 bridgehead atoms. The van der Waals surface area contributed by atoms with E-state index in [4.69, 9.17) is 0 Å². The molecule has 0 radical (unpaired) electrons. The van der Waals surface area contributed by atoms with E-state index < -0.39 is 17.7 Å². The van der Waals surface area contributed by atoms with Crippen molar-refractivity contribution in [2.75, 3.05) is 10.6 Å². The van der Waals surface area contributed by atoms with Crippen molar-refractivity contribution in [3.8, 4) is 0 Å². The molecule has 0 spiro atoms. The van der Waals surface area contributed by atoms with E-state index >= 15 is 0 Å². The van der Waals surface area contributed by atoms with Gasteiger partial charge in [-0.15, -0.1) is 0 Å². The molecule has 1 aliphatic rings. The maximum Gasteiger partial charge on any atom is 0.323 e. The highest BCUT2D eigenvalue weighted by Gasteiger charge is 2.14. The summed E-state index contributed by atoms with van der Waals surface area (Å²) in [5.41, 5.74) is 4.53. The summed E-state index contributed by atoms with van der Waals surface area (Å²) in [4.78, 5) is 23.1. The first kappa shape index (κ1) is 16.6. The predicted molar refractivity (Wildman–Crippen MR) is 89.4 cm³/mol. The molecule has 1 heterocycles. The van der Waals surface area contributed by atoms with E-state index in [1.807, 2.05) is 6.07 Å². The van der Waals surface area contributed by atoms with Gasteiger partial charge in [0.1, 0.15) is 0 Å². The Labute approximate surface area is 141 Å². The summed E-state index contributed by atoms with van der Waals surface area (Å²) in [5.74, 6) is -2.17. The topological polar surface area (TPSA) is 82.6 Å². The fourth-order valence-corrected chi connectivity index (χ4v) is 2.33. The van der Waals surface area contributed by atoms with E-state index in [2.05, 4.69) is 21.2 Å². The maximum absolute atomic E-state index is 13.2. The molecule has 8 heteroatoms. The molecule has 0 saturated heterocycles. The molecule has 128 valence electrons. The van der Waals surface area contributed by atoms with Crippen LogP contribution >= 0.6 is 0 Å². The molecule has 0 unspecified atom stereocenters. The van der Waals surface area contributed by atoms with Crippen LogP contribution in [0.25, 0.3) is 0 Å². The monoisotopic (exact) mass is 344 g/mol. The van der Waals surface area contributed by atoms with Crippen LogP contribution in [0.2, 0.25) is 0 Å². The minimum absolute atomic E-state index is 0.131. The zero-order valence-electron chi connectivity index (χ0n) is 13.0. The number of benzene rings is 2. The summed E-state index contributed by atoms with van der Waals surface area (Å²) in [5, 5.41) is 9.02. The highest BCUT2D eigenvalue weighted by atomic mass is 19.2. The number of hydrogen-bond acceptors (Lipinski definition) is 3. The van der Waals surface area contributed by atoms with Gasteiger partial charge < -0.3 is 10.6 Å². The standard InChI is InChI=1S/C17H14F2N4O2/c18-13-5-4-12(9-14(13)19)21-17(25)20-11-3-1-2-10(8-11)15-6-7-16(24)23-22-15/h1-5,8-9H,6-7H2,(H,23,24)(H2,20,21,25). The molecule has 0 atom stereocenters. The number of hydrogen-bond donors (Lipinski definition) is 3. The number of hydrazone groups is 1. The van der Waals surface area contributed by atoms with Gasteiger partial charge >= 0.3 is 6.03 Å². The van der Waals surface area contributed by atoms with Gasteiger partial charge in [0.25, 0.3) is 0 Å². The molecule has 25 heavy (non-hydrogen) atoms. The third kappa shape index (κ3) is 4.17. The normalized spacial score (nSPS) is 13.7. The quantitative estimate of drug-likeness (QED) is 0.799. The van der Waals surface area contributed by atoms with Crippen LogP contribution in [0, 0.1) is 11.6 Å². The molecule has 0 aromatic heterocycles. The Kier molecular flexibility index (Phi) is 4.69. The van der Waals surface area contributed by atoms with Crippen molar-refractivity contribution in [1.29, 1.82) is 0 Å². The lowest BCUT2D eigenvalue weighted by atomic mass is 10.0. The van der Waals surface area contributed by atoms with Gasteiger partial charge in [0.05, 0.1) is 5.71 Å². The number of rotatable bonds is 3. The van der Waals surface area contributed by atoms with E-state index in [-0.39, 0.29) is 11.6 Å². The van der Waals surface area contributed by atoms with Crippen molar-refractivity contribution in [2.45, 2.75) is 12.8 Å². The highest BCUT2D eigenvalue weighted by molar-refractivity contribution is 6.06. The van der Waals surface area contributed by atoms with Crippen LogP contribution in [-0.4, -0.2) is 17.6 Å². The summed E-state index contributed by atoms with van der Waals surface area (Å²) in [6, 6.07) is 9.43. The van der Waals surface area contributed by atoms with E-state index in [9.17, 15) is 18.4 Å². The lowest BCUT2D eigenvalue weighted by molar-refractivity contribution is -0.121. The number of halogens is 2. The van der Waals surface area contributed by atoms with E-state index in [0.717, 1.165) is 17.7 Å². The molecule has 2 aromatic rings. The van der Waals surface area contributed by atoms with Crippen molar-refractivity contribution in [3.63, 3.8) is 0 Å². The zero-order valence-corrected chi connectivity index (χ0v) is 13.0. The van der Waals surface area contributed by atoms with Gasteiger partial charge in [-0.25, -0.2) is 19.0 Å². The second kappa shape index (κ2) is 7.08. The predicted octanol–water partition coefficient (Wildman–Crippen LogP) is 3.22. The summed E-state index contributed by atoms with van der Waals surface area (Å²) in [6.45, 7) is 0. The number of carbonyl (C=O) groups is 2. The van der Waals surface area contributed by atoms with Crippen LogP contribution in [-0.2, 0) is 4.79 Å². The Morgan fingerprint density at radius 2 is 1.76 bits per heavy atom. The van der Waals surface area contributed by atoms with Crippen molar-refractivity contribution in [1.82, 2.24) is 5.43 Å². The van der Waals surface area contributed by atoms with Crippen LogP contribution in [0.5, 0.6) is 0 Å². The fraction of sp³-hybridized carbons (Fsp3) is 0.118. The average molecular weight is 344 g/mol. The van der Waals surface area contributed by atoms with Crippen LogP contribution in [0.3, 0.4) is 0 Å². The molecule has 0 aliphatic carbocycles. The fourth-order valence-electron chi connectivity index (χ4n) is 2.33. The third-order valence-electron chi connectivity index (χ3n) is 3.54. The Morgan fingerprint density at radius 1 is 1.00 bits per heavy atom. The maximum atomic E-state index is 13.2. The summed E-state index contributed by atoms with van der Waals surface area (Å²) in [7, 11) is 0. The molecule has 0 saturated carbocycles. The Morgan fingerprint density at radius 3 is 2.44 bits per heavy atom. The van der Waals surface area contributed by atoms with Gasteiger partial charge in [-0.05, 0) is 29.8 Å². The largest absolute Gasteiger partial charge is 0.323 e. The molecule has 1 aliphatic heterocycles. The molecule has 3 N–H and O–H groups in total. The molecule has 6 nitrogen and oxygen atoms in total. The van der Waals surface area contributed by atoms with Gasteiger partial charge in [-0.2, -0.15) is 5.10 Å². The van der Waals surface area contributed by atoms with Crippen LogP contribution in [0.4, 0.5) is 25.0 Å². The molecule has 2 aromatic carbocycles. The van der Waals surface area contributed by atoms with Gasteiger partial charge in [-0.1, -0.05) is 12.1 Å². The Bertz CT molecular complexity index is 867. The Hall–Kier alpha value is -3.29. The lowest BCUT2D eigenvalue weighted by Gasteiger charge is -2.13. The minimum atomic E-state index is -1.04. The molecule has 3 amide bonds. The first-order valence-electron chi connectivity index (χ1n) is 7.50. The minimum Gasteiger partial charge on any atom is -0.308 e. The van der Waals surface area contributed by atoms with Gasteiger partial charge in [0, 0.05) is 30.3 Å². The van der Waals surface area contributed by atoms with E-state index in [0.29, 0.717) is 24.2 Å². The number of amides is 3. The second-order valence-electron chi connectivity index (χ2n) is 5.38. The summed E-state index contributed by atoms with van der Waals surface area (Å²) >= 11 is 0. The number of urea groups is 1. The smallest absolute Gasteiger partial charge is 0.308 e. The van der Waals surface area contributed by atoms with Crippen molar-refractivity contribution >= 4 is 29.0 Å². The van der Waals surface area contributed by atoms with E-state index in [1.54, 1.807) is 18.2 Å². The van der Waals surface area contributed by atoms with Gasteiger partial charge in [0.15, 0.2) is 11.6 Å². The van der Waals surface area contributed by atoms with Crippen LogP contribution in [0.15, 0.2) is 47.6 Å². The summed E-state index contributed by atoms with van der Waals surface area (Å²) < 4.78 is 26.0. The molecule has 0 fully saturated rings. The van der Waals surface area contributed by atoms with Crippen LogP contribution < -0.4 is 16.1 Å².